The Hall–Kier alpha value is -1.27. The van der Waals surface area contributed by atoms with Crippen LogP contribution < -0.4 is 0 Å². The maximum absolute atomic E-state index is 12.5. The smallest absolute Gasteiger partial charge is 0.406 e. The van der Waals surface area contributed by atoms with E-state index in [0.29, 0.717) is 19.3 Å². The number of alkyl halides is 3. The van der Waals surface area contributed by atoms with Crippen molar-refractivity contribution in [3.05, 3.63) is 0 Å². The molecule has 0 saturated heterocycles. The number of carboxylic acids is 1. The minimum absolute atomic E-state index is 0.0127. The van der Waals surface area contributed by atoms with E-state index in [1.807, 2.05) is 0 Å². The third-order valence-corrected chi connectivity index (χ3v) is 3.42. The van der Waals surface area contributed by atoms with Crippen molar-refractivity contribution in [3.8, 4) is 0 Å². The zero-order valence-electron chi connectivity index (χ0n) is 11.6. The van der Waals surface area contributed by atoms with Gasteiger partial charge < -0.3 is 10.0 Å². The maximum atomic E-state index is 12.5. The van der Waals surface area contributed by atoms with Crippen molar-refractivity contribution in [2.75, 3.05) is 13.1 Å². The van der Waals surface area contributed by atoms with E-state index in [1.54, 1.807) is 13.8 Å². The Labute approximate surface area is 115 Å². The summed E-state index contributed by atoms with van der Waals surface area (Å²) < 4.78 is 37.6. The van der Waals surface area contributed by atoms with Crippen molar-refractivity contribution in [3.63, 3.8) is 0 Å². The fraction of sp³-hybridized carbons (Fsp3) is 0.846. The summed E-state index contributed by atoms with van der Waals surface area (Å²) in [7, 11) is 0. The van der Waals surface area contributed by atoms with E-state index in [9.17, 15) is 22.8 Å². The van der Waals surface area contributed by atoms with Crippen molar-refractivity contribution < 1.29 is 27.9 Å². The molecule has 2 atom stereocenters. The van der Waals surface area contributed by atoms with Gasteiger partial charge in [-0.3, -0.25) is 9.59 Å². The lowest BCUT2D eigenvalue weighted by atomic mass is 9.94. The minimum atomic E-state index is -4.47. The van der Waals surface area contributed by atoms with Crippen molar-refractivity contribution >= 4 is 11.9 Å². The van der Waals surface area contributed by atoms with Gasteiger partial charge in [-0.1, -0.05) is 20.3 Å². The highest BCUT2D eigenvalue weighted by Gasteiger charge is 2.42. The Bertz CT molecular complexity index is 368. The summed E-state index contributed by atoms with van der Waals surface area (Å²) >= 11 is 0. The first kappa shape index (κ1) is 16.8. The third kappa shape index (κ3) is 4.68. The summed E-state index contributed by atoms with van der Waals surface area (Å²) in [6.45, 7) is 2.12. The van der Waals surface area contributed by atoms with Crippen molar-refractivity contribution in [1.82, 2.24) is 4.90 Å². The van der Waals surface area contributed by atoms with Gasteiger partial charge in [0.1, 0.15) is 6.54 Å². The molecule has 4 nitrogen and oxygen atoms in total. The molecule has 1 saturated carbocycles. The van der Waals surface area contributed by atoms with E-state index in [-0.39, 0.29) is 12.5 Å². The van der Waals surface area contributed by atoms with Crippen molar-refractivity contribution in [1.29, 1.82) is 0 Å². The fourth-order valence-corrected chi connectivity index (χ4v) is 2.68. The molecule has 0 spiro atoms. The van der Waals surface area contributed by atoms with Crippen LogP contribution in [0.4, 0.5) is 13.2 Å². The second-order valence-corrected chi connectivity index (χ2v) is 5.71. The largest absolute Gasteiger partial charge is 0.481 e. The molecule has 1 aliphatic rings. The number of rotatable bonds is 5. The average molecular weight is 295 g/mol. The minimum Gasteiger partial charge on any atom is -0.481 e. The number of nitrogens with zero attached hydrogens (tertiary/aromatic N) is 1. The van der Waals surface area contributed by atoms with Crippen molar-refractivity contribution in [2.24, 2.45) is 17.8 Å². The predicted molar refractivity (Wildman–Crippen MR) is 65.9 cm³/mol. The Kier molecular flexibility index (Phi) is 5.42. The molecule has 1 rings (SSSR count). The van der Waals surface area contributed by atoms with Gasteiger partial charge >= 0.3 is 12.1 Å². The molecular formula is C13H20F3NO3. The molecule has 2 unspecified atom stereocenters. The van der Waals surface area contributed by atoms with Gasteiger partial charge in [-0.25, -0.2) is 0 Å². The number of carbonyl (C=O) groups excluding carboxylic acids is 1. The van der Waals surface area contributed by atoms with Crippen LogP contribution in [0.2, 0.25) is 0 Å². The van der Waals surface area contributed by atoms with Crippen LogP contribution in [0, 0.1) is 17.8 Å². The first-order valence-corrected chi connectivity index (χ1v) is 6.70. The zero-order valence-corrected chi connectivity index (χ0v) is 11.6. The van der Waals surface area contributed by atoms with Gasteiger partial charge in [0.2, 0.25) is 5.91 Å². The fourth-order valence-electron chi connectivity index (χ4n) is 2.68. The molecule has 0 aromatic rings. The highest BCUT2D eigenvalue weighted by Crippen LogP contribution is 2.34. The number of aliphatic carboxylic acids is 1. The second-order valence-electron chi connectivity index (χ2n) is 5.71. The molecule has 0 heterocycles. The van der Waals surface area contributed by atoms with Crippen LogP contribution in [-0.4, -0.2) is 41.1 Å². The number of amides is 1. The summed E-state index contributed by atoms with van der Waals surface area (Å²) in [5.41, 5.74) is 0. The maximum Gasteiger partial charge on any atom is 0.406 e. The van der Waals surface area contributed by atoms with Crippen LogP contribution in [-0.2, 0) is 9.59 Å². The van der Waals surface area contributed by atoms with Crippen LogP contribution in [0.25, 0.3) is 0 Å². The summed E-state index contributed by atoms with van der Waals surface area (Å²) in [4.78, 5) is 24.1. The van der Waals surface area contributed by atoms with E-state index < -0.39 is 36.4 Å². The lowest BCUT2D eigenvalue weighted by Crippen LogP contribution is -2.45. The van der Waals surface area contributed by atoms with Crippen LogP contribution in [0.1, 0.15) is 33.1 Å². The molecule has 116 valence electrons. The van der Waals surface area contributed by atoms with Gasteiger partial charge in [-0.2, -0.15) is 13.2 Å². The molecule has 1 N–H and O–H groups in total. The van der Waals surface area contributed by atoms with Gasteiger partial charge in [0.25, 0.3) is 0 Å². The normalized spacial score (nSPS) is 23.1. The SMILES string of the molecule is CC(C)CN(CC(F)(F)F)C(=O)C1CCCC1C(=O)O. The number of halogens is 3. The molecule has 1 fully saturated rings. The molecule has 0 aromatic carbocycles. The van der Waals surface area contributed by atoms with Gasteiger partial charge in [-0.15, -0.1) is 0 Å². The average Bonchev–Trinajstić information content (AvgIpc) is 2.73. The number of hydrogen-bond acceptors (Lipinski definition) is 2. The summed E-state index contributed by atoms with van der Waals surface area (Å²) in [5.74, 6) is -3.57. The molecule has 20 heavy (non-hydrogen) atoms. The third-order valence-electron chi connectivity index (χ3n) is 3.42. The molecule has 0 bridgehead atoms. The summed E-state index contributed by atoms with van der Waals surface area (Å²) in [6.07, 6.45) is -3.20. The van der Waals surface area contributed by atoms with E-state index in [1.165, 1.54) is 0 Å². The highest BCUT2D eigenvalue weighted by atomic mass is 19.4. The van der Waals surface area contributed by atoms with E-state index in [4.69, 9.17) is 5.11 Å². The molecule has 0 radical (unpaired) electrons. The molecule has 0 aromatic heterocycles. The van der Waals surface area contributed by atoms with Crippen LogP contribution in [0.15, 0.2) is 0 Å². The van der Waals surface area contributed by atoms with Gasteiger partial charge in [0.05, 0.1) is 11.8 Å². The summed E-state index contributed by atoms with van der Waals surface area (Å²) in [5, 5.41) is 9.04. The lowest BCUT2D eigenvalue weighted by molar-refractivity contribution is -0.167. The lowest BCUT2D eigenvalue weighted by Gasteiger charge is -2.29. The van der Waals surface area contributed by atoms with Crippen LogP contribution in [0.5, 0.6) is 0 Å². The summed E-state index contributed by atoms with van der Waals surface area (Å²) in [6, 6.07) is 0. The van der Waals surface area contributed by atoms with Gasteiger partial charge in [0.15, 0.2) is 0 Å². The number of carboxylic acid groups (broad SMARTS) is 1. The molecule has 0 aliphatic heterocycles. The zero-order chi connectivity index (χ0) is 15.5. The van der Waals surface area contributed by atoms with Crippen LogP contribution in [0.3, 0.4) is 0 Å². The molecule has 1 amide bonds. The first-order valence-electron chi connectivity index (χ1n) is 6.70. The van der Waals surface area contributed by atoms with Crippen LogP contribution >= 0.6 is 0 Å². The Morgan fingerprint density at radius 3 is 2.25 bits per heavy atom. The monoisotopic (exact) mass is 295 g/mol. The quantitative estimate of drug-likeness (QED) is 0.848. The number of carbonyl (C=O) groups is 2. The van der Waals surface area contributed by atoms with E-state index in [2.05, 4.69) is 0 Å². The molecule has 1 aliphatic carbocycles. The van der Waals surface area contributed by atoms with E-state index >= 15 is 0 Å². The standard InChI is InChI=1S/C13H20F3NO3/c1-8(2)6-17(7-13(14,15)16)11(18)9-4-3-5-10(9)12(19)20/h8-10H,3-7H2,1-2H3,(H,19,20). The number of hydrogen-bond donors (Lipinski definition) is 1. The van der Waals surface area contributed by atoms with Gasteiger partial charge in [0, 0.05) is 6.54 Å². The molecule has 7 heteroatoms. The Morgan fingerprint density at radius 1 is 1.25 bits per heavy atom. The molecular weight excluding hydrogens is 275 g/mol. The van der Waals surface area contributed by atoms with E-state index in [0.717, 1.165) is 4.90 Å². The van der Waals surface area contributed by atoms with Gasteiger partial charge in [-0.05, 0) is 18.8 Å². The van der Waals surface area contributed by atoms with Crippen molar-refractivity contribution in [2.45, 2.75) is 39.3 Å². The Balaban J connectivity index is 2.84. The topological polar surface area (TPSA) is 57.6 Å². The first-order chi connectivity index (χ1) is 9.11. The predicted octanol–water partition coefficient (Wildman–Crippen LogP) is 2.53. The highest BCUT2D eigenvalue weighted by molar-refractivity contribution is 5.85. The Morgan fingerprint density at radius 2 is 1.80 bits per heavy atom. The second kappa shape index (κ2) is 6.45.